The summed E-state index contributed by atoms with van der Waals surface area (Å²) in [6.45, 7) is 7.84. The quantitative estimate of drug-likeness (QED) is 0.142. The van der Waals surface area contributed by atoms with E-state index in [1.807, 2.05) is 55.4 Å². The van der Waals surface area contributed by atoms with Gasteiger partial charge in [-0.3, -0.25) is 0 Å². The summed E-state index contributed by atoms with van der Waals surface area (Å²) in [5.41, 5.74) is 1.74. The highest BCUT2D eigenvalue weighted by molar-refractivity contribution is 7.91. The Labute approximate surface area is 290 Å². The molecule has 2 atom stereocenters. The first-order valence-corrected chi connectivity index (χ1v) is 17.9. The Balaban J connectivity index is 0.00000705. The fourth-order valence-electron chi connectivity index (χ4n) is 6.04. The van der Waals surface area contributed by atoms with E-state index in [4.69, 9.17) is 14.2 Å². The summed E-state index contributed by atoms with van der Waals surface area (Å²) in [6.07, 6.45) is 4.15. The lowest BCUT2D eigenvalue weighted by Crippen LogP contribution is -3.00. The van der Waals surface area contributed by atoms with Crippen LogP contribution in [0.15, 0.2) is 47.4 Å². The number of hydrogen-bond donors (Lipinski definition) is 1. The zero-order valence-electron chi connectivity index (χ0n) is 28.6. The van der Waals surface area contributed by atoms with Crippen molar-refractivity contribution in [3.05, 3.63) is 53.6 Å². The second-order valence-electron chi connectivity index (χ2n) is 13.5. The summed E-state index contributed by atoms with van der Waals surface area (Å²) in [6, 6.07) is 13.3. The molecule has 8 nitrogen and oxygen atoms in total. The van der Waals surface area contributed by atoms with Crippen molar-refractivity contribution in [2.75, 3.05) is 85.5 Å². The lowest BCUT2D eigenvalue weighted by molar-refractivity contribution is -0.870. The van der Waals surface area contributed by atoms with Crippen molar-refractivity contribution in [1.29, 1.82) is 0 Å². The van der Waals surface area contributed by atoms with Crippen molar-refractivity contribution < 1.29 is 56.2 Å². The van der Waals surface area contributed by atoms with Gasteiger partial charge in [0.25, 0.3) is 0 Å². The van der Waals surface area contributed by atoms with Crippen molar-refractivity contribution in [3.63, 3.8) is 0 Å². The molecule has 1 heterocycles. The van der Waals surface area contributed by atoms with Crippen LogP contribution in [0.3, 0.4) is 0 Å². The number of aliphatic hydroxyl groups excluding tert-OH is 1. The van der Waals surface area contributed by atoms with E-state index in [0.717, 1.165) is 48.0 Å². The summed E-state index contributed by atoms with van der Waals surface area (Å²) in [5.74, 6) is 0.191. The third-order valence-corrected chi connectivity index (χ3v) is 10.7. The molecule has 0 radical (unpaired) electrons. The maximum atomic E-state index is 14.0. The van der Waals surface area contributed by atoms with Crippen LogP contribution in [-0.2, 0) is 19.3 Å². The van der Waals surface area contributed by atoms with E-state index in [1.165, 1.54) is 0 Å². The Kier molecular flexibility index (Phi) is 16.1. The largest absolute Gasteiger partial charge is 1.00 e. The zero-order chi connectivity index (χ0) is 32.4. The number of benzene rings is 2. The first-order chi connectivity index (χ1) is 20.8. The molecule has 0 unspecified atom stereocenters. The summed E-state index contributed by atoms with van der Waals surface area (Å²) < 4.78 is 46.1. The van der Waals surface area contributed by atoms with Gasteiger partial charge in [0.05, 0.1) is 64.3 Å². The van der Waals surface area contributed by atoms with Crippen LogP contribution in [0.5, 0.6) is 5.75 Å². The number of hydrogen-bond acceptors (Lipinski definition) is 7. The third-order valence-electron chi connectivity index (χ3n) is 8.67. The van der Waals surface area contributed by atoms with Crippen molar-refractivity contribution in [2.24, 2.45) is 5.41 Å². The summed E-state index contributed by atoms with van der Waals surface area (Å²) in [4.78, 5) is 2.31. The van der Waals surface area contributed by atoms with E-state index >= 15 is 0 Å². The molecular formula is C35H57IN2O6S. The number of rotatable bonds is 18. The molecule has 10 heteroatoms. The van der Waals surface area contributed by atoms with E-state index in [2.05, 4.69) is 35.0 Å². The van der Waals surface area contributed by atoms with Gasteiger partial charge in [0, 0.05) is 31.1 Å². The molecule has 2 aromatic carbocycles. The molecule has 3 rings (SSSR count). The number of aliphatic hydroxyl groups is 1. The minimum atomic E-state index is -3.63. The van der Waals surface area contributed by atoms with Crippen LogP contribution >= 0.6 is 0 Å². The number of sulfone groups is 1. The van der Waals surface area contributed by atoms with Gasteiger partial charge in [-0.15, -0.1) is 0 Å². The van der Waals surface area contributed by atoms with Crippen LogP contribution in [0.4, 0.5) is 5.69 Å². The average Bonchev–Trinajstić information content (AvgIpc) is 3.04. The van der Waals surface area contributed by atoms with Gasteiger partial charge in [0.15, 0.2) is 9.84 Å². The normalized spacial score (nSPS) is 18.8. The number of quaternary nitrogens is 1. The van der Waals surface area contributed by atoms with Gasteiger partial charge in [0.1, 0.15) is 18.9 Å². The number of anilines is 1. The molecular weight excluding hydrogens is 703 g/mol. The van der Waals surface area contributed by atoms with E-state index in [9.17, 15) is 13.5 Å². The van der Waals surface area contributed by atoms with Gasteiger partial charge in [-0.1, -0.05) is 51.7 Å². The van der Waals surface area contributed by atoms with Crippen molar-refractivity contribution in [3.8, 4) is 5.75 Å². The zero-order valence-corrected chi connectivity index (χ0v) is 31.5. The third kappa shape index (κ3) is 11.3. The Hall–Kier alpha value is -1.44. The Morgan fingerprint density at radius 2 is 1.47 bits per heavy atom. The predicted octanol–water partition coefficient (Wildman–Crippen LogP) is 2.52. The molecule has 0 bridgehead atoms. The number of halogens is 1. The lowest BCUT2D eigenvalue weighted by atomic mass is 9.68. The maximum absolute atomic E-state index is 14.0. The molecule has 0 fully saturated rings. The van der Waals surface area contributed by atoms with Crippen LogP contribution in [0, 0.1) is 5.41 Å². The van der Waals surface area contributed by atoms with Gasteiger partial charge in [-0.05, 0) is 54.3 Å². The number of unbranched alkanes of at least 4 members (excludes halogenated alkanes) is 2. The topological polar surface area (TPSA) is 85.3 Å². The molecule has 0 saturated heterocycles. The van der Waals surface area contributed by atoms with Gasteiger partial charge in [-0.2, -0.15) is 0 Å². The Morgan fingerprint density at radius 1 is 0.889 bits per heavy atom. The van der Waals surface area contributed by atoms with Gasteiger partial charge in [-0.25, -0.2) is 8.42 Å². The standard InChI is InChI=1S/C35H57N2O6S.HI/c1-8-10-18-35(19-11-9-2)27-44(39,40)32-17-14-29(36(3)4)26-31(32)33(34(35)38)28-12-15-30(16-13-28)43-25-24-42-23-22-41-21-20-37(5,6)7;/h12-17,26,33-34,38H,8-11,18-25,27H2,1-7H3;1H/q+1;/p-1/t33-,34-;/m1./s1. The molecule has 0 aromatic heterocycles. The minimum absolute atomic E-state index is 0. The van der Waals surface area contributed by atoms with E-state index < -0.39 is 27.3 Å². The maximum Gasteiger partial charge on any atom is 0.179 e. The molecule has 45 heavy (non-hydrogen) atoms. The molecule has 0 aliphatic carbocycles. The fraction of sp³-hybridized carbons (Fsp3) is 0.657. The van der Waals surface area contributed by atoms with Crippen molar-refractivity contribution in [1.82, 2.24) is 0 Å². The smallest absolute Gasteiger partial charge is 0.179 e. The SMILES string of the molecule is CCCCC1(CCCC)CS(=O)(=O)c2ccc(N(C)C)cc2[C@@H](c2ccc(OCCOCCOCC[N+](C)(C)C)cc2)[C@H]1O.[I-]. The van der Waals surface area contributed by atoms with Crippen LogP contribution in [-0.4, -0.2) is 105 Å². The number of likely N-dealkylation sites (N-methyl/N-ethyl adjacent to an activating group) is 1. The van der Waals surface area contributed by atoms with Gasteiger partial charge < -0.3 is 52.7 Å². The monoisotopic (exact) mass is 760 g/mol. The second kappa shape index (κ2) is 18.2. The highest BCUT2D eigenvalue weighted by atomic mass is 127. The van der Waals surface area contributed by atoms with E-state index in [1.54, 1.807) is 6.07 Å². The van der Waals surface area contributed by atoms with Crippen LogP contribution in [0.25, 0.3) is 0 Å². The molecule has 0 amide bonds. The number of ether oxygens (including phenoxy) is 3. The number of fused-ring (bicyclic) bond motifs is 1. The van der Waals surface area contributed by atoms with Crippen LogP contribution < -0.4 is 33.6 Å². The van der Waals surface area contributed by atoms with Crippen molar-refractivity contribution in [2.45, 2.75) is 69.3 Å². The van der Waals surface area contributed by atoms with E-state index in [0.29, 0.717) is 62.1 Å². The summed E-state index contributed by atoms with van der Waals surface area (Å²) in [7, 11) is 6.68. The highest BCUT2D eigenvalue weighted by Gasteiger charge is 2.49. The molecule has 256 valence electrons. The fourth-order valence-corrected chi connectivity index (χ4v) is 8.23. The van der Waals surface area contributed by atoms with Crippen LogP contribution in [0.2, 0.25) is 0 Å². The number of nitrogens with zero attached hydrogens (tertiary/aromatic N) is 2. The van der Waals surface area contributed by atoms with Crippen LogP contribution in [0.1, 0.15) is 69.4 Å². The molecule has 1 N–H and O–H groups in total. The lowest BCUT2D eigenvalue weighted by Gasteiger charge is -2.40. The average molecular weight is 761 g/mol. The first kappa shape index (κ1) is 39.7. The second-order valence-corrected chi connectivity index (χ2v) is 15.5. The molecule has 1 aliphatic rings. The van der Waals surface area contributed by atoms with Gasteiger partial charge in [0.2, 0.25) is 0 Å². The first-order valence-electron chi connectivity index (χ1n) is 16.2. The molecule has 2 aromatic rings. The minimum Gasteiger partial charge on any atom is -1.00 e. The molecule has 0 spiro atoms. The van der Waals surface area contributed by atoms with E-state index in [-0.39, 0.29) is 29.7 Å². The summed E-state index contributed by atoms with van der Waals surface area (Å²) in [5, 5.41) is 12.3. The Morgan fingerprint density at radius 3 is 2.02 bits per heavy atom. The summed E-state index contributed by atoms with van der Waals surface area (Å²) >= 11 is 0. The van der Waals surface area contributed by atoms with Gasteiger partial charge >= 0.3 is 0 Å². The Bertz CT molecular complexity index is 1260. The molecule has 0 saturated carbocycles. The van der Waals surface area contributed by atoms with Crippen molar-refractivity contribution >= 4 is 15.5 Å². The highest BCUT2D eigenvalue weighted by Crippen LogP contribution is 2.50. The molecule has 1 aliphatic heterocycles. The predicted molar refractivity (Wildman–Crippen MR) is 179 cm³/mol.